The van der Waals surface area contributed by atoms with Crippen LogP contribution in [-0.2, 0) is 6.42 Å². The van der Waals surface area contributed by atoms with Crippen molar-refractivity contribution in [1.29, 1.82) is 0 Å². The lowest BCUT2D eigenvalue weighted by atomic mass is 9.99. The number of aryl methyl sites for hydroxylation is 2. The van der Waals surface area contributed by atoms with Crippen molar-refractivity contribution in [3.63, 3.8) is 0 Å². The van der Waals surface area contributed by atoms with Gasteiger partial charge in [0.05, 0.1) is 0 Å². The van der Waals surface area contributed by atoms with E-state index < -0.39 is 0 Å². The summed E-state index contributed by atoms with van der Waals surface area (Å²) in [6.45, 7) is 6.66. The van der Waals surface area contributed by atoms with Crippen LogP contribution < -0.4 is 5.32 Å². The molecule has 0 radical (unpaired) electrons. The monoisotopic (exact) mass is 299 g/mol. The summed E-state index contributed by atoms with van der Waals surface area (Å²) in [6, 6.07) is 14.6. The fraction of sp³-hybridized carbons (Fsp3) is 0.474. The zero-order valence-electron chi connectivity index (χ0n) is 13.2. The summed E-state index contributed by atoms with van der Waals surface area (Å²) >= 11 is 1.92. The topological polar surface area (TPSA) is 12.0 Å². The van der Waals surface area contributed by atoms with Gasteiger partial charge in [-0.2, -0.15) is 0 Å². The molecule has 21 heavy (non-hydrogen) atoms. The summed E-state index contributed by atoms with van der Waals surface area (Å²) in [5.41, 5.74) is 2.80. The minimum atomic E-state index is 0.523. The normalized spacial score (nSPS) is 17.7. The summed E-state index contributed by atoms with van der Waals surface area (Å²) in [7, 11) is 0. The number of nitrogens with one attached hydrogen (secondary N) is 1. The van der Waals surface area contributed by atoms with E-state index in [-0.39, 0.29) is 0 Å². The summed E-state index contributed by atoms with van der Waals surface area (Å²) in [6.07, 6.45) is 3.88. The van der Waals surface area contributed by atoms with Crippen molar-refractivity contribution in [3.8, 4) is 0 Å². The molecule has 0 spiro atoms. The van der Waals surface area contributed by atoms with E-state index >= 15 is 0 Å². The average molecular weight is 299 g/mol. The van der Waals surface area contributed by atoms with Crippen LogP contribution in [0.4, 0.5) is 0 Å². The lowest BCUT2D eigenvalue weighted by Gasteiger charge is -2.24. The largest absolute Gasteiger partial charge is 0.307 e. The van der Waals surface area contributed by atoms with Gasteiger partial charge in [0, 0.05) is 21.8 Å². The van der Waals surface area contributed by atoms with Gasteiger partial charge in [0.1, 0.15) is 0 Å². The van der Waals surface area contributed by atoms with Gasteiger partial charge < -0.3 is 5.32 Å². The maximum Gasteiger partial charge on any atom is 0.0351 e. The van der Waals surface area contributed by atoms with Crippen molar-refractivity contribution in [2.75, 3.05) is 0 Å². The number of benzene rings is 1. The van der Waals surface area contributed by atoms with E-state index in [1.54, 1.807) is 0 Å². The van der Waals surface area contributed by atoms with Gasteiger partial charge in [-0.15, -0.1) is 11.3 Å². The molecule has 0 aliphatic heterocycles. The number of hydrogen-bond donors (Lipinski definition) is 1. The number of thiophene rings is 1. The summed E-state index contributed by atoms with van der Waals surface area (Å²) in [5.74, 6) is 0.834. The molecule has 1 heterocycles. The molecule has 2 atom stereocenters. The third kappa shape index (κ3) is 3.96. The van der Waals surface area contributed by atoms with Gasteiger partial charge in [-0.3, -0.25) is 0 Å². The minimum Gasteiger partial charge on any atom is -0.307 e. The lowest BCUT2D eigenvalue weighted by Crippen LogP contribution is -2.33. The maximum atomic E-state index is 3.88. The Morgan fingerprint density at radius 3 is 2.38 bits per heavy atom. The van der Waals surface area contributed by atoms with Gasteiger partial charge in [0.25, 0.3) is 0 Å². The first kappa shape index (κ1) is 14.8. The maximum absolute atomic E-state index is 3.88. The molecule has 1 N–H and O–H groups in total. The third-order valence-corrected chi connectivity index (χ3v) is 5.32. The molecule has 1 nitrogen and oxygen atoms in total. The van der Waals surface area contributed by atoms with Crippen molar-refractivity contribution in [2.24, 2.45) is 5.92 Å². The molecular weight excluding hydrogens is 274 g/mol. The summed E-state index contributed by atoms with van der Waals surface area (Å²) in [5, 5.41) is 3.88. The second-order valence-electron chi connectivity index (χ2n) is 6.51. The number of rotatable bonds is 6. The van der Waals surface area contributed by atoms with E-state index in [1.165, 1.54) is 33.7 Å². The van der Waals surface area contributed by atoms with Crippen LogP contribution in [-0.4, -0.2) is 6.04 Å². The first-order valence-corrected chi connectivity index (χ1v) is 8.81. The third-order valence-electron chi connectivity index (χ3n) is 4.30. The van der Waals surface area contributed by atoms with Gasteiger partial charge in [-0.1, -0.05) is 29.8 Å². The van der Waals surface area contributed by atoms with Crippen molar-refractivity contribution >= 4 is 11.3 Å². The molecule has 1 aromatic heterocycles. The quantitative estimate of drug-likeness (QED) is 0.788. The van der Waals surface area contributed by atoms with Gasteiger partial charge in [0.2, 0.25) is 0 Å². The molecular formula is C19H25NS. The second-order valence-corrected chi connectivity index (χ2v) is 7.88. The molecule has 0 bridgehead atoms. The SMILES string of the molecule is Cc1ccc(C(NC(C)Cc2ccc(C)s2)C2CC2)cc1. The van der Waals surface area contributed by atoms with Crippen LogP contribution in [0.25, 0.3) is 0 Å². The van der Waals surface area contributed by atoms with Crippen LogP contribution in [0, 0.1) is 19.8 Å². The van der Waals surface area contributed by atoms with Crippen LogP contribution in [0.3, 0.4) is 0 Å². The molecule has 112 valence electrons. The molecule has 0 amide bonds. The Hall–Kier alpha value is -1.12. The lowest BCUT2D eigenvalue weighted by molar-refractivity contribution is 0.418. The van der Waals surface area contributed by atoms with Gasteiger partial charge >= 0.3 is 0 Å². The average Bonchev–Trinajstić information content (AvgIpc) is 3.21. The molecule has 2 heteroatoms. The van der Waals surface area contributed by atoms with Crippen molar-refractivity contribution in [1.82, 2.24) is 5.32 Å². The summed E-state index contributed by atoms with van der Waals surface area (Å²) < 4.78 is 0. The van der Waals surface area contributed by atoms with Gasteiger partial charge in [-0.05, 0) is 63.6 Å². The van der Waals surface area contributed by atoms with E-state index in [9.17, 15) is 0 Å². The van der Waals surface area contributed by atoms with Crippen LogP contribution >= 0.6 is 11.3 Å². The second kappa shape index (κ2) is 6.33. The smallest absolute Gasteiger partial charge is 0.0351 e. The van der Waals surface area contributed by atoms with Crippen molar-refractivity contribution in [3.05, 3.63) is 57.3 Å². The Balaban J connectivity index is 1.66. The highest BCUT2D eigenvalue weighted by Crippen LogP contribution is 2.41. The molecule has 1 saturated carbocycles. The van der Waals surface area contributed by atoms with E-state index in [0.717, 1.165) is 12.3 Å². The Labute approximate surface area is 132 Å². The molecule has 2 aromatic rings. The zero-order chi connectivity index (χ0) is 14.8. The van der Waals surface area contributed by atoms with E-state index in [1.807, 2.05) is 11.3 Å². The molecule has 1 aliphatic carbocycles. The van der Waals surface area contributed by atoms with E-state index in [4.69, 9.17) is 0 Å². The predicted octanol–water partition coefficient (Wildman–Crippen LogP) is 5.04. The molecule has 1 aliphatic rings. The fourth-order valence-electron chi connectivity index (χ4n) is 2.97. The Bertz CT molecular complexity index is 580. The highest BCUT2D eigenvalue weighted by molar-refractivity contribution is 7.11. The first-order chi connectivity index (χ1) is 10.1. The molecule has 3 rings (SSSR count). The van der Waals surface area contributed by atoms with Crippen molar-refractivity contribution < 1.29 is 0 Å². The Morgan fingerprint density at radius 2 is 1.81 bits per heavy atom. The zero-order valence-corrected chi connectivity index (χ0v) is 14.0. The minimum absolute atomic E-state index is 0.523. The standard InChI is InChI=1S/C19H25NS/c1-13-4-7-16(8-5-13)19(17-9-10-17)20-14(2)12-18-11-6-15(3)21-18/h4-8,11,14,17,19-20H,9-10,12H2,1-3H3. The van der Waals surface area contributed by atoms with Crippen molar-refractivity contribution in [2.45, 2.75) is 52.1 Å². The molecule has 1 aromatic carbocycles. The van der Waals surface area contributed by atoms with E-state index in [0.29, 0.717) is 12.1 Å². The van der Waals surface area contributed by atoms with Crippen LogP contribution in [0.5, 0.6) is 0 Å². The first-order valence-electron chi connectivity index (χ1n) is 8.00. The van der Waals surface area contributed by atoms with Gasteiger partial charge in [-0.25, -0.2) is 0 Å². The number of hydrogen-bond acceptors (Lipinski definition) is 2. The predicted molar refractivity (Wildman–Crippen MR) is 92.0 cm³/mol. The summed E-state index contributed by atoms with van der Waals surface area (Å²) in [4.78, 5) is 2.90. The highest BCUT2D eigenvalue weighted by atomic mass is 32.1. The molecule has 1 fully saturated rings. The van der Waals surface area contributed by atoms with Crippen LogP contribution in [0.15, 0.2) is 36.4 Å². The van der Waals surface area contributed by atoms with Crippen LogP contribution in [0.2, 0.25) is 0 Å². The highest BCUT2D eigenvalue weighted by Gasteiger charge is 2.32. The fourth-order valence-corrected chi connectivity index (χ4v) is 3.99. The van der Waals surface area contributed by atoms with Gasteiger partial charge in [0.15, 0.2) is 0 Å². The molecule has 0 saturated heterocycles. The molecule has 2 unspecified atom stereocenters. The van der Waals surface area contributed by atoms with E-state index in [2.05, 4.69) is 62.5 Å². The van der Waals surface area contributed by atoms with Crippen LogP contribution in [0.1, 0.15) is 46.7 Å². The Kier molecular flexibility index (Phi) is 4.46. The Morgan fingerprint density at radius 1 is 1.10 bits per heavy atom.